The Morgan fingerprint density at radius 3 is 2.78 bits per heavy atom. The first-order valence-corrected chi connectivity index (χ1v) is 9.96. The Labute approximate surface area is 156 Å². The third kappa shape index (κ3) is 3.95. The lowest BCUT2D eigenvalue weighted by Crippen LogP contribution is -2.36. The number of anilines is 1. The van der Waals surface area contributed by atoms with E-state index in [-0.39, 0.29) is 22.2 Å². The van der Waals surface area contributed by atoms with Gasteiger partial charge in [0.1, 0.15) is 11.5 Å². The normalized spacial score (nSPS) is 16.2. The maximum absolute atomic E-state index is 12.5. The fraction of sp³-hybridized carbons (Fsp3) is 0.353. The minimum absolute atomic E-state index is 0.123. The van der Waals surface area contributed by atoms with Gasteiger partial charge in [0.2, 0.25) is 0 Å². The number of aromatic nitrogens is 1. The summed E-state index contributed by atoms with van der Waals surface area (Å²) in [6, 6.07) is 5.37. The summed E-state index contributed by atoms with van der Waals surface area (Å²) in [5.74, 6) is -0.383. The van der Waals surface area contributed by atoms with E-state index in [4.69, 9.17) is 9.26 Å². The van der Waals surface area contributed by atoms with E-state index in [1.165, 1.54) is 24.3 Å². The molecule has 0 aliphatic carbocycles. The molecular weight excluding hydrogens is 374 g/mol. The third-order valence-corrected chi connectivity index (χ3v) is 5.30. The summed E-state index contributed by atoms with van der Waals surface area (Å²) in [5, 5.41) is 6.19. The summed E-state index contributed by atoms with van der Waals surface area (Å²) < 4.78 is 37.4. The van der Waals surface area contributed by atoms with Crippen molar-refractivity contribution in [2.24, 2.45) is 0 Å². The molecule has 1 aromatic carbocycles. The van der Waals surface area contributed by atoms with Crippen LogP contribution in [0.15, 0.2) is 33.7 Å². The molecular formula is C17H19N3O6S. The van der Waals surface area contributed by atoms with Crippen LogP contribution in [-0.2, 0) is 21.2 Å². The number of carbonyl (C=O) groups excluding carboxylic acids is 2. The van der Waals surface area contributed by atoms with Gasteiger partial charge >= 0.3 is 0 Å². The minimum atomic E-state index is -4.17. The number of hydrogen-bond donors (Lipinski definition) is 2. The molecule has 2 amide bonds. The Kier molecular flexibility index (Phi) is 5.17. The van der Waals surface area contributed by atoms with E-state index in [2.05, 4.69) is 10.5 Å². The lowest BCUT2D eigenvalue weighted by molar-refractivity contribution is -0.123. The smallest absolute Gasteiger partial charge is 0.287 e. The van der Waals surface area contributed by atoms with Gasteiger partial charge in [0.15, 0.2) is 11.8 Å². The van der Waals surface area contributed by atoms with Gasteiger partial charge in [0, 0.05) is 12.5 Å². The van der Waals surface area contributed by atoms with Crippen molar-refractivity contribution >= 4 is 27.5 Å². The molecule has 10 heteroatoms. The SMILES string of the molecule is CCCc1cc(C(=O)NS(=O)(=O)c2ccc3c(c2)NC(=O)[C@H](CC)O3)no1. The van der Waals surface area contributed by atoms with Gasteiger partial charge in [-0.1, -0.05) is 19.0 Å². The number of sulfonamides is 1. The van der Waals surface area contributed by atoms with E-state index >= 15 is 0 Å². The topological polar surface area (TPSA) is 128 Å². The molecule has 0 saturated heterocycles. The molecule has 0 spiro atoms. The first-order chi connectivity index (χ1) is 12.8. The summed E-state index contributed by atoms with van der Waals surface area (Å²) in [6.45, 7) is 3.74. The van der Waals surface area contributed by atoms with Gasteiger partial charge in [-0.15, -0.1) is 0 Å². The van der Waals surface area contributed by atoms with E-state index in [0.717, 1.165) is 6.42 Å². The van der Waals surface area contributed by atoms with Gasteiger partial charge < -0.3 is 14.6 Å². The molecule has 0 fully saturated rings. The number of nitrogens with one attached hydrogen (secondary N) is 2. The monoisotopic (exact) mass is 393 g/mol. The average molecular weight is 393 g/mol. The van der Waals surface area contributed by atoms with Gasteiger partial charge in [-0.05, 0) is 31.0 Å². The standard InChI is InChI=1S/C17H19N3O6S/c1-3-5-10-8-13(19-26-10)16(21)20-27(23,24)11-6-7-15-12(9-11)18-17(22)14(4-2)25-15/h6-9,14H,3-5H2,1-2H3,(H,18,22)(H,20,21)/t14-/m0/s1. The van der Waals surface area contributed by atoms with E-state index < -0.39 is 22.0 Å². The summed E-state index contributed by atoms with van der Waals surface area (Å²) in [4.78, 5) is 23.9. The summed E-state index contributed by atoms with van der Waals surface area (Å²) in [5.41, 5.74) is 0.106. The second-order valence-electron chi connectivity index (χ2n) is 6.03. The maximum Gasteiger partial charge on any atom is 0.287 e. The predicted octanol–water partition coefficient (Wildman–Crippen LogP) is 1.86. The highest BCUT2D eigenvalue weighted by Gasteiger charge is 2.28. The number of rotatable bonds is 6. The van der Waals surface area contributed by atoms with E-state index in [0.29, 0.717) is 24.4 Å². The van der Waals surface area contributed by atoms with Crippen LogP contribution >= 0.6 is 0 Å². The molecule has 1 aliphatic heterocycles. The zero-order valence-corrected chi connectivity index (χ0v) is 15.6. The average Bonchev–Trinajstić information content (AvgIpc) is 3.09. The lowest BCUT2D eigenvalue weighted by atomic mass is 10.2. The Bertz CT molecular complexity index is 982. The van der Waals surface area contributed by atoms with Crippen LogP contribution in [0.1, 0.15) is 42.9 Å². The molecule has 0 radical (unpaired) electrons. The van der Waals surface area contributed by atoms with Gasteiger partial charge in [0.25, 0.3) is 21.8 Å². The second kappa shape index (κ2) is 7.39. The quantitative estimate of drug-likeness (QED) is 0.766. The van der Waals surface area contributed by atoms with Crippen LogP contribution in [0.4, 0.5) is 5.69 Å². The van der Waals surface area contributed by atoms with Crippen molar-refractivity contribution in [3.8, 4) is 5.75 Å². The number of benzene rings is 1. The molecule has 2 heterocycles. The van der Waals surface area contributed by atoms with Crippen molar-refractivity contribution in [3.63, 3.8) is 0 Å². The minimum Gasteiger partial charge on any atom is -0.478 e. The van der Waals surface area contributed by atoms with Crippen LogP contribution in [0.5, 0.6) is 5.75 Å². The van der Waals surface area contributed by atoms with Crippen molar-refractivity contribution < 1.29 is 27.3 Å². The second-order valence-corrected chi connectivity index (χ2v) is 7.71. The number of amides is 2. The molecule has 1 aromatic heterocycles. The largest absolute Gasteiger partial charge is 0.478 e. The fourth-order valence-electron chi connectivity index (χ4n) is 2.58. The number of carbonyl (C=O) groups is 2. The molecule has 144 valence electrons. The highest BCUT2D eigenvalue weighted by molar-refractivity contribution is 7.90. The van der Waals surface area contributed by atoms with Crippen LogP contribution in [0.2, 0.25) is 0 Å². The van der Waals surface area contributed by atoms with Crippen molar-refractivity contribution in [1.82, 2.24) is 9.88 Å². The number of nitrogens with zero attached hydrogens (tertiary/aromatic N) is 1. The van der Waals surface area contributed by atoms with Crippen LogP contribution in [0.3, 0.4) is 0 Å². The number of hydrogen-bond acceptors (Lipinski definition) is 7. The predicted molar refractivity (Wildman–Crippen MR) is 94.9 cm³/mol. The van der Waals surface area contributed by atoms with E-state index in [1.807, 2.05) is 11.6 Å². The maximum atomic E-state index is 12.5. The van der Waals surface area contributed by atoms with Gasteiger partial charge in [-0.2, -0.15) is 0 Å². The zero-order chi connectivity index (χ0) is 19.6. The zero-order valence-electron chi connectivity index (χ0n) is 14.8. The number of fused-ring (bicyclic) bond motifs is 1. The van der Waals surface area contributed by atoms with Crippen molar-refractivity contribution in [2.75, 3.05) is 5.32 Å². The Hall–Kier alpha value is -2.88. The van der Waals surface area contributed by atoms with Gasteiger partial charge in [0.05, 0.1) is 10.6 Å². The number of ether oxygens (including phenoxy) is 1. The summed E-state index contributed by atoms with van der Waals surface area (Å²) >= 11 is 0. The van der Waals surface area contributed by atoms with Crippen LogP contribution in [0, 0.1) is 0 Å². The van der Waals surface area contributed by atoms with E-state index in [1.54, 1.807) is 6.92 Å². The molecule has 1 atom stereocenters. The molecule has 0 bridgehead atoms. The van der Waals surface area contributed by atoms with Crippen molar-refractivity contribution in [1.29, 1.82) is 0 Å². The lowest BCUT2D eigenvalue weighted by Gasteiger charge is -2.25. The molecule has 0 saturated carbocycles. The van der Waals surface area contributed by atoms with Crippen molar-refractivity contribution in [3.05, 3.63) is 35.7 Å². The van der Waals surface area contributed by atoms with Crippen LogP contribution < -0.4 is 14.8 Å². The third-order valence-electron chi connectivity index (χ3n) is 3.97. The van der Waals surface area contributed by atoms with Crippen LogP contribution in [-0.4, -0.2) is 31.5 Å². The molecule has 2 N–H and O–H groups in total. The molecule has 3 rings (SSSR count). The van der Waals surface area contributed by atoms with Crippen molar-refractivity contribution in [2.45, 2.75) is 44.1 Å². The molecule has 9 nitrogen and oxygen atoms in total. The molecule has 2 aromatic rings. The Balaban J connectivity index is 1.80. The summed E-state index contributed by atoms with van der Waals surface area (Å²) in [6.07, 6.45) is 1.26. The van der Waals surface area contributed by atoms with E-state index in [9.17, 15) is 18.0 Å². The molecule has 1 aliphatic rings. The van der Waals surface area contributed by atoms with Gasteiger partial charge in [-0.3, -0.25) is 9.59 Å². The Morgan fingerprint density at radius 1 is 1.30 bits per heavy atom. The highest BCUT2D eigenvalue weighted by Crippen LogP contribution is 2.32. The molecule has 0 unspecified atom stereocenters. The first kappa shape index (κ1) is 18.9. The number of aryl methyl sites for hydroxylation is 1. The highest BCUT2D eigenvalue weighted by atomic mass is 32.2. The Morgan fingerprint density at radius 2 is 2.07 bits per heavy atom. The molecule has 27 heavy (non-hydrogen) atoms. The first-order valence-electron chi connectivity index (χ1n) is 8.48. The fourth-order valence-corrected chi connectivity index (χ4v) is 3.57. The van der Waals surface area contributed by atoms with Gasteiger partial charge in [-0.25, -0.2) is 13.1 Å². The van der Waals surface area contributed by atoms with Crippen LogP contribution in [0.25, 0.3) is 0 Å². The summed E-state index contributed by atoms with van der Waals surface area (Å²) in [7, 11) is -4.17.